The Balaban J connectivity index is 1.47. The van der Waals surface area contributed by atoms with Crippen LogP contribution >= 0.6 is 0 Å². The number of anilines is 1. The van der Waals surface area contributed by atoms with Gasteiger partial charge in [-0.2, -0.15) is 0 Å². The summed E-state index contributed by atoms with van der Waals surface area (Å²) in [5, 5.41) is 3.07. The number of carbonyl (C=O) groups is 1. The summed E-state index contributed by atoms with van der Waals surface area (Å²) in [5.74, 6) is 0.350. The highest BCUT2D eigenvalue weighted by Gasteiger charge is 2.22. The lowest BCUT2D eigenvalue weighted by atomic mass is 10.0. The van der Waals surface area contributed by atoms with Crippen LogP contribution in [0, 0.1) is 0 Å². The number of hydrogen-bond donors (Lipinski definition) is 1. The third-order valence-corrected chi connectivity index (χ3v) is 7.47. The minimum Gasteiger partial charge on any atom is -0.492 e. The van der Waals surface area contributed by atoms with E-state index in [4.69, 9.17) is 4.74 Å². The van der Waals surface area contributed by atoms with E-state index in [1.165, 1.54) is 28.1 Å². The number of fused-ring (bicyclic) bond motifs is 1. The van der Waals surface area contributed by atoms with E-state index in [9.17, 15) is 13.2 Å². The van der Waals surface area contributed by atoms with Gasteiger partial charge in [-0.1, -0.05) is 42.5 Å². The van der Waals surface area contributed by atoms with Crippen molar-refractivity contribution in [2.75, 3.05) is 17.2 Å². The van der Waals surface area contributed by atoms with Crippen LogP contribution in [0.3, 0.4) is 0 Å². The van der Waals surface area contributed by atoms with E-state index >= 15 is 0 Å². The molecular formula is C28H32N2O4S. The molecule has 0 fully saturated rings. The molecule has 6 nitrogen and oxygen atoms in total. The van der Waals surface area contributed by atoms with Gasteiger partial charge in [0.1, 0.15) is 5.75 Å². The Morgan fingerprint density at radius 3 is 2.46 bits per heavy atom. The minimum atomic E-state index is -3.56. The summed E-state index contributed by atoms with van der Waals surface area (Å²) >= 11 is 0. The highest BCUT2D eigenvalue weighted by molar-refractivity contribution is 7.92. The first kappa shape index (κ1) is 24.8. The molecule has 0 radical (unpaired) electrons. The molecule has 4 rings (SSSR count). The third-order valence-electron chi connectivity index (χ3n) is 6.35. The summed E-state index contributed by atoms with van der Waals surface area (Å²) in [5.41, 5.74) is 5.69. The molecule has 0 unspecified atom stereocenters. The van der Waals surface area contributed by atoms with Crippen molar-refractivity contribution in [2.45, 2.75) is 45.7 Å². The zero-order chi connectivity index (χ0) is 25.0. The molecule has 0 heterocycles. The molecule has 0 saturated carbocycles. The molecule has 1 amide bonds. The van der Waals surface area contributed by atoms with E-state index < -0.39 is 10.0 Å². The SMILES string of the molecule is CCOc1ccccc1N(Cc1ccc(C(=O)N[C@@H](C)c2ccc3c(c2)CCC3)cc1)S(C)(=O)=O. The van der Waals surface area contributed by atoms with Crippen LogP contribution in [0.1, 0.15) is 58.9 Å². The topological polar surface area (TPSA) is 75.7 Å². The molecule has 7 heteroatoms. The predicted octanol–water partition coefficient (Wildman–Crippen LogP) is 5.03. The van der Waals surface area contributed by atoms with E-state index in [-0.39, 0.29) is 18.5 Å². The smallest absolute Gasteiger partial charge is 0.251 e. The maximum atomic E-state index is 12.9. The molecule has 0 aromatic heterocycles. The van der Waals surface area contributed by atoms with Crippen LogP contribution in [0.4, 0.5) is 5.69 Å². The molecule has 3 aromatic carbocycles. The molecule has 0 spiro atoms. The van der Waals surface area contributed by atoms with Crippen molar-refractivity contribution in [2.24, 2.45) is 0 Å². The molecule has 1 atom stereocenters. The Labute approximate surface area is 208 Å². The summed E-state index contributed by atoms with van der Waals surface area (Å²) in [7, 11) is -3.56. The lowest BCUT2D eigenvalue weighted by Gasteiger charge is -2.24. The van der Waals surface area contributed by atoms with Crippen molar-refractivity contribution in [3.05, 3.63) is 94.5 Å². The van der Waals surface area contributed by atoms with Gasteiger partial charge in [-0.05, 0) is 79.6 Å². The summed E-state index contributed by atoms with van der Waals surface area (Å²) in [4.78, 5) is 12.9. The largest absolute Gasteiger partial charge is 0.492 e. The van der Waals surface area contributed by atoms with E-state index in [1.807, 2.05) is 19.9 Å². The van der Waals surface area contributed by atoms with Crippen molar-refractivity contribution in [1.29, 1.82) is 0 Å². The number of rotatable bonds is 9. The van der Waals surface area contributed by atoms with Gasteiger partial charge in [-0.3, -0.25) is 9.10 Å². The highest BCUT2D eigenvalue weighted by atomic mass is 32.2. The van der Waals surface area contributed by atoms with Gasteiger partial charge >= 0.3 is 0 Å². The Bertz CT molecular complexity index is 1300. The second kappa shape index (κ2) is 10.5. The van der Waals surface area contributed by atoms with Gasteiger partial charge < -0.3 is 10.1 Å². The molecular weight excluding hydrogens is 460 g/mol. The minimum absolute atomic E-state index is 0.108. The zero-order valence-corrected chi connectivity index (χ0v) is 21.3. The number of nitrogens with one attached hydrogen (secondary N) is 1. The van der Waals surface area contributed by atoms with Crippen LogP contribution in [0.25, 0.3) is 0 Å². The van der Waals surface area contributed by atoms with Crippen LogP contribution in [-0.2, 0) is 29.4 Å². The second-order valence-electron chi connectivity index (χ2n) is 8.94. The van der Waals surface area contributed by atoms with Gasteiger partial charge in [-0.15, -0.1) is 0 Å². The maximum Gasteiger partial charge on any atom is 0.251 e. The van der Waals surface area contributed by atoms with Gasteiger partial charge in [-0.25, -0.2) is 8.42 Å². The lowest BCUT2D eigenvalue weighted by molar-refractivity contribution is 0.0940. The molecule has 184 valence electrons. The first-order chi connectivity index (χ1) is 16.8. The van der Waals surface area contributed by atoms with Crippen LogP contribution in [0.15, 0.2) is 66.7 Å². The van der Waals surface area contributed by atoms with Crippen molar-refractivity contribution in [1.82, 2.24) is 5.32 Å². The maximum absolute atomic E-state index is 12.9. The zero-order valence-electron chi connectivity index (χ0n) is 20.5. The normalized spacial score (nSPS) is 13.7. The Morgan fingerprint density at radius 1 is 1.03 bits per heavy atom. The predicted molar refractivity (Wildman–Crippen MR) is 139 cm³/mol. The average Bonchev–Trinajstić information content (AvgIpc) is 3.31. The van der Waals surface area contributed by atoms with Gasteiger partial charge in [0.15, 0.2) is 0 Å². The second-order valence-corrected chi connectivity index (χ2v) is 10.9. The number of para-hydroxylation sites is 2. The van der Waals surface area contributed by atoms with Crippen molar-refractivity contribution in [3.8, 4) is 5.75 Å². The Morgan fingerprint density at radius 2 is 1.74 bits per heavy atom. The van der Waals surface area contributed by atoms with Crippen molar-refractivity contribution in [3.63, 3.8) is 0 Å². The van der Waals surface area contributed by atoms with Crippen LogP contribution in [0.2, 0.25) is 0 Å². The van der Waals surface area contributed by atoms with Gasteiger partial charge in [0.05, 0.1) is 31.1 Å². The fourth-order valence-electron chi connectivity index (χ4n) is 4.47. The summed E-state index contributed by atoms with van der Waals surface area (Å²) < 4.78 is 32.2. The number of nitrogens with zero attached hydrogens (tertiary/aromatic N) is 1. The quantitative estimate of drug-likeness (QED) is 0.455. The molecule has 1 N–H and O–H groups in total. The number of sulfonamides is 1. The van der Waals surface area contributed by atoms with Gasteiger partial charge in [0, 0.05) is 5.56 Å². The fraction of sp³-hybridized carbons (Fsp3) is 0.321. The molecule has 35 heavy (non-hydrogen) atoms. The number of amides is 1. The molecule has 0 saturated heterocycles. The number of ether oxygens (including phenoxy) is 1. The fourth-order valence-corrected chi connectivity index (χ4v) is 5.37. The first-order valence-electron chi connectivity index (χ1n) is 12.0. The van der Waals surface area contributed by atoms with E-state index in [1.54, 1.807) is 42.5 Å². The summed E-state index contributed by atoms with van der Waals surface area (Å²) in [6, 6.07) is 20.5. The van der Waals surface area contributed by atoms with Crippen LogP contribution < -0.4 is 14.4 Å². The number of benzene rings is 3. The highest BCUT2D eigenvalue weighted by Crippen LogP contribution is 2.31. The first-order valence-corrected chi connectivity index (χ1v) is 13.8. The van der Waals surface area contributed by atoms with Crippen LogP contribution in [-0.4, -0.2) is 27.2 Å². The monoisotopic (exact) mass is 492 g/mol. The van der Waals surface area contributed by atoms with Crippen molar-refractivity contribution >= 4 is 21.6 Å². The van der Waals surface area contributed by atoms with Gasteiger partial charge in [0.25, 0.3) is 5.91 Å². The number of aryl methyl sites for hydroxylation is 2. The summed E-state index contributed by atoms with van der Waals surface area (Å²) in [6.45, 7) is 4.41. The number of carbonyl (C=O) groups excluding carboxylic acids is 1. The molecule has 0 aliphatic heterocycles. The molecule has 1 aliphatic rings. The van der Waals surface area contributed by atoms with Crippen molar-refractivity contribution < 1.29 is 17.9 Å². The lowest BCUT2D eigenvalue weighted by Crippen LogP contribution is -2.30. The standard InChI is InChI=1S/C28H32N2O4S/c1-4-34-27-11-6-5-10-26(27)30(35(3,32)33)19-21-12-14-23(15-13-21)28(31)29-20(2)24-17-16-22-8-7-9-25(22)18-24/h5-6,10-18,20H,4,7-9,19H2,1-3H3,(H,29,31)/t20-/m0/s1. The molecule has 3 aromatic rings. The Hall–Kier alpha value is -3.32. The van der Waals surface area contributed by atoms with Gasteiger partial charge in [0.2, 0.25) is 10.0 Å². The molecule has 0 bridgehead atoms. The van der Waals surface area contributed by atoms with E-state index in [0.717, 1.165) is 24.0 Å². The molecule has 1 aliphatic carbocycles. The van der Waals surface area contributed by atoms with Crippen LogP contribution in [0.5, 0.6) is 5.75 Å². The average molecular weight is 493 g/mol. The van der Waals surface area contributed by atoms with E-state index in [0.29, 0.717) is 23.6 Å². The summed E-state index contributed by atoms with van der Waals surface area (Å²) in [6.07, 6.45) is 4.61. The third kappa shape index (κ3) is 5.85. The number of hydrogen-bond acceptors (Lipinski definition) is 4. The Kier molecular flexibility index (Phi) is 7.45. The van der Waals surface area contributed by atoms with E-state index in [2.05, 4.69) is 23.5 Å².